The predicted octanol–water partition coefficient (Wildman–Crippen LogP) is 4.78. The van der Waals surface area contributed by atoms with Gasteiger partial charge in [-0.3, -0.25) is 14.7 Å². The molecule has 0 aliphatic carbocycles. The summed E-state index contributed by atoms with van der Waals surface area (Å²) in [6, 6.07) is 27.7. The first-order valence-electron chi connectivity index (χ1n) is 14.8. The summed E-state index contributed by atoms with van der Waals surface area (Å²) in [4.78, 5) is 18.8. The third-order valence-electron chi connectivity index (χ3n) is 8.12. The molecule has 222 valence electrons. The van der Waals surface area contributed by atoms with Crippen LogP contribution in [0.25, 0.3) is 11.1 Å². The number of pyridine rings is 1. The largest absolute Gasteiger partial charge is 0.392 e. The van der Waals surface area contributed by atoms with Crippen molar-refractivity contribution >= 4 is 5.91 Å². The van der Waals surface area contributed by atoms with Crippen molar-refractivity contribution in [1.82, 2.24) is 15.2 Å². The van der Waals surface area contributed by atoms with Gasteiger partial charge in [-0.1, -0.05) is 60.7 Å². The molecule has 0 radical (unpaired) electrons. The Morgan fingerprint density at radius 3 is 2.49 bits per heavy atom. The van der Waals surface area contributed by atoms with Gasteiger partial charge in [0.15, 0.2) is 6.29 Å². The number of likely N-dealkylation sites (tertiary alicyclic amines) is 1. The number of aliphatic hydroxyl groups is 2. The van der Waals surface area contributed by atoms with Crippen LogP contribution in [0.1, 0.15) is 57.8 Å². The Morgan fingerprint density at radius 1 is 0.930 bits per heavy atom. The van der Waals surface area contributed by atoms with Crippen LogP contribution >= 0.6 is 0 Å². The Bertz CT molecular complexity index is 1510. The Hall–Kier alpha value is -3.92. The maximum absolute atomic E-state index is 12.5. The van der Waals surface area contributed by atoms with Gasteiger partial charge in [0.2, 0.25) is 0 Å². The summed E-state index contributed by atoms with van der Waals surface area (Å²) in [6.07, 6.45) is 3.61. The van der Waals surface area contributed by atoms with E-state index in [9.17, 15) is 15.0 Å². The van der Waals surface area contributed by atoms with Gasteiger partial charge in [0, 0.05) is 50.6 Å². The summed E-state index contributed by atoms with van der Waals surface area (Å²) in [7, 11) is 0. The number of ether oxygens (including phenoxy) is 2. The Balaban J connectivity index is 1.20. The Kier molecular flexibility index (Phi) is 9.21. The number of aromatic nitrogens is 1. The van der Waals surface area contributed by atoms with E-state index in [0.717, 1.165) is 52.9 Å². The number of carbonyl (C=O) groups is 1. The number of benzene rings is 3. The van der Waals surface area contributed by atoms with Gasteiger partial charge in [0.05, 0.1) is 30.5 Å². The van der Waals surface area contributed by atoms with Crippen molar-refractivity contribution in [3.63, 3.8) is 0 Å². The van der Waals surface area contributed by atoms with Crippen molar-refractivity contribution < 1.29 is 24.5 Å². The molecule has 1 amide bonds. The first-order chi connectivity index (χ1) is 21.0. The molecule has 2 saturated heterocycles. The highest BCUT2D eigenvalue weighted by Crippen LogP contribution is 2.39. The van der Waals surface area contributed by atoms with Crippen LogP contribution in [0.5, 0.6) is 0 Å². The van der Waals surface area contributed by atoms with Crippen molar-refractivity contribution in [3.05, 3.63) is 125 Å². The van der Waals surface area contributed by atoms with Gasteiger partial charge in [0.1, 0.15) is 0 Å². The molecule has 0 unspecified atom stereocenters. The van der Waals surface area contributed by atoms with Crippen molar-refractivity contribution in [3.8, 4) is 11.1 Å². The lowest BCUT2D eigenvalue weighted by Crippen LogP contribution is -2.38. The second-order valence-corrected chi connectivity index (χ2v) is 11.3. The molecule has 3 aromatic carbocycles. The molecule has 43 heavy (non-hydrogen) atoms. The number of aliphatic hydroxyl groups excluding tert-OH is 2. The zero-order valence-electron chi connectivity index (χ0n) is 24.0. The summed E-state index contributed by atoms with van der Waals surface area (Å²) in [5.74, 6) is -0.161. The topological polar surface area (TPSA) is 104 Å². The monoisotopic (exact) mass is 579 g/mol. The van der Waals surface area contributed by atoms with Crippen LogP contribution in [-0.4, -0.2) is 57.8 Å². The minimum atomic E-state index is -0.560. The average Bonchev–Trinajstić information content (AvgIpc) is 3.48. The lowest BCUT2D eigenvalue weighted by atomic mass is 9.98. The van der Waals surface area contributed by atoms with Gasteiger partial charge < -0.3 is 25.0 Å². The van der Waals surface area contributed by atoms with Crippen LogP contribution in [0, 0.1) is 0 Å². The first kappa shape index (κ1) is 29.2. The van der Waals surface area contributed by atoms with E-state index in [2.05, 4.69) is 39.5 Å². The SMILES string of the molecule is O=C(NCc1cccc(-c2cccc([C@@H]3O[C@H](CN4CC[C@H](O)C4)C[C@H](c4ccc(CO)cc4)O3)c2)c1)c1cccnc1. The van der Waals surface area contributed by atoms with Gasteiger partial charge in [-0.05, 0) is 58.5 Å². The van der Waals surface area contributed by atoms with E-state index >= 15 is 0 Å². The molecule has 3 heterocycles. The molecule has 2 aliphatic heterocycles. The molecule has 2 fully saturated rings. The molecule has 1 aromatic heterocycles. The predicted molar refractivity (Wildman–Crippen MR) is 163 cm³/mol. The standard InChI is InChI=1S/C35H37N3O5/c39-23-24-9-11-26(12-10-24)33-18-32(22-38-15-13-31(40)21-38)42-35(43-33)29-7-2-6-28(17-29)27-5-1-4-25(16-27)19-37-34(41)30-8-3-14-36-20-30/h1-12,14,16-17,20,31-33,35,39-40H,13,15,18-19,21-23H2,(H,37,41)/t31-,32-,33+,35+/m0/s1. The van der Waals surface area contributed by atoms with Crippen LogP contribution in [0.4, 0.5) is 0 Å². The molecule has 8 nitrogen and oxygen atoms in total. The highest BCUT2D eigenvalue weighted by molar-refractivity contribution is 5.93. The van der Waals surface area contributed by atoms with Crippen molar-refractivity contribution in [2.75, 3.05) is 19.6 Å². The maximum Gasteiger partial charge on any atom is 0.253 e. The fourth-order valence-corrected chi connectivity index (χ4v) is 5.81. The fourth-order valence-electron chi connectivity index (χ4n) is 5.81. The molecular weight excluding hydrogens is 542 g/mol. The smallest absolute Gasteiger partial charge is 0.253 e. The lowest BCUT2D eigenvalue weighted by molar-refractivity contribution is -0.252. The highest BCUT2D eigenvalue weighted by Gasteiger charge is 2.34. The van der Waals surface area contributed by atoms with Gasteiger partial charge in [-0.2, -0.15) is 0 Å². The van der Waals surface area contributed by atoms with Crippen molar-refractivity contribution in [2.45, 2.75) is 50.6 Å². The summed E-state index contributed by atoms with van der Waals surface area (Å²) < 4.78 is 13.1. The Morgan fingerprint density at radius 2 is 1.74 bits per heavy atom. The van der Waals surface area contributed by atoms with Gasteiger partial charge >= 0.3 is 0 Å². The summed E-state index contributed by atoms with van der Waals surface area (Å²) in [5, 5.41) is 22.5. The minimum Gasteiger partial charge on any atom is -0.392 e. The average molecular weight is 580 g/mol. The number of carbonyl (C=O) groups excluding carboxylic acids is 1. The summed E-state index contributed by atoms with van der Waals surface area (Å²) in [5.41, 5.74) is 6.42. The van der Waals surface area contributed by atoms with Crippen LogP contribution in [0.3, 0.4) is 0 Å². The van der Waals surface area contributed by atoms with E-state index in [1.165, 1.54) is 0 Å². The number of β-amino-alcohol motifs (C(OH)–C–C–N with tert-alkyl or cyclic N) is 1. The second kappa shape index (κ2) is 13.6. The van der Waals surface area contributed by atoms with Gasteiger partial charge in [-0.15, -0.1) is 0 Å². The van der Waals surface area contributed by atoms with E-state index < -0.39 is 6.29 Å². The molecule has 4 aromatic rings. The molecule has 0 saturated carbocycles. The third kappa shape index (κ3) is 7.36. The molecule has 3 N–H and O–H groups in total. The van der Waals surface area contributed by atoms with Crippen LogP contribution in [0.15, 0.2) is 97.3 Å². The molecule has 4 atom stereocenters. The summed E-state index contributed by atoms with van der Waals surface area (Å²) in [6.45, 7) is 2.66. The van der Waals surface area contributed by atoms with E-state index in [-0.39, 0.29) is 30.8 Å². The van der Waals surface area contributed by atoms with Crippen molar-refractivity contribution in [2.24, 2.45) is 0 Å². The zero-order chi connectivity index (χ0) is 29.6. The number of amides is 1. The maximum atomic E-state index is 12.5. The summed E-state index contributed by atoms with van der Waals surface area (Å²) >= 11 is 0. The number of hydrogen-bond donors (Lipinski definition) is 3. The minimum absolute atomic E-state index is 0.00230. The van der Waals surface area contributed by atoms with E-state index in [1.54, 1.807) is 24.5 Å². The molecule has 8 heteroatoms. The van der Waals surface area contributed by atoms with Gasteiger partial charge in [-0.25, -0.2) is 0 Å². The van der Waals surface area contributed by atoms with E-state index in [0.29, 0.717) is 25.1 Å². The van der Waals surface area contributed by atoms with Crippen LogP contribution < -0.4 is 5.32 Å². The molecule has 2 aliphatic rings. The third-order valence-corrected chi connectivity index (χ3v) is 8.12. The fraction of sp³-hybridized carbons (Fsp3) is 0.314. The van der Waals surface area contributed by atoms with Crippen LogP contribution in [0.2, 0.25) is 0 Å². The molecule has 0 bridgehead atoms. The number of hydrogen-bond acceptors (Lipinski definition) is 7. The number of rotatable bonds is 9. The normalized spacial score (nSPS) is 22.4. The molecule has 0 spiro atoms. The van der Waals surface area contributed by atoms with Crippen molar-refractivity contribution in [1.29, 1.82) is 0 Å². The zero-order valence-corrected chi connectivity index (χ0v) is 24.0. The molecule has 6 rings (SSSR count). The Labute approximate surface area is 251 Å². The molecular formula is C35H37N3O5. The van der Waals surface area contributed by atoms with Gasteiger partial charge in [0.25, 0.3) is 5.91 Å². The first-order valence-corrected chi connectivity index (χ1v) is 14.8. The lowest BCUT2D eigenvalue weighted by Gasteiger charge is -2.38. The quantitative estimate of drug-likeness (QED) is 0.262. The van der Waals surface area contributed by atoms with E-state index in [1.807, 2.05) is 48.5 Å². The number of nitrogens with one attached hydrogen (secondary N) is 1. The second-order valence-electron chi connectivity index (χ2n) is 11.3. The number of nitrogens with zero attached hydrogens (tertiary/aromatic N) is 2. The highest BCUT2D eigenvalue weighted by atomic mass is 16.7. The van der Waals surface area contributed by atoms with E-state index in [4.69, 9.17) is 9.47 Å². The van der Waals surface area contributed by atoms with Crippen LogP contribution in [-0.2, 0) is 22.6 Å².